The van der Waals surface area contributed by atoms with E-state index >= 15 is 0 Å². The Morgan fingerprint density at radius 3 is 2.25 bits per heavy atom. The molecule has 2 amide bonds. The van der Waals surface area contributed by atoms with Gasteiger partial charge >= 0.3 is 0 Å². The van der Waals surface area contributed by atoms with Gasteiger partial charge in [0.25, 0.3) is 11.8 Å². The number of benzene rings is 4. The second kappa shape index (κ2) is 10.2. The van der Waals surface area contributed by atoms with Crippen LogP contribution in [0.5, 0.6) is 11.5 Å². The Hall–Kier alpha value is -4.78. The second-order valence-electron chi connectivity index (χ2n) is 8.24. The van der Waals surface area contributed by atoms with Crippen molar-refractivity contribution in [2.24, 2.45) is 0 Å². The lowest BCUT2D eigenvalue weighted by Gasteiger charge is -2.38. The maximum absolute atomic E-state index is 13.5. The zero-order valence-corrected chi connectivity index (χ0v) is 19.7. The molecule has 1 aliphatic heterocycles. The first-order valence-electron chi connectivity index (χ1n) is 11.5. The molecule has 0 radical (unpaired) electrons. The molecular weight excluding hydrogens is 454 g/mol. The van der Waals surface area contributed by atoms with Crippen molar-refractivity contribution in [1.82, 2.24) is 0 Å². The number of amides is 2. The van der Waals surface area contributed by atoms with Crippen molar-refractivity contribution in [1.29, 1.82) is 0 Å². The van der Waals surface area contributed by atoms with E-state index in [1.165, 1.54) is 0 Å². The molecule has 4 aromatic carbocycles. The molecular formula is C29H25N3O4. The maximum Gasteiger partial charge on any atom is 0.262 e. The number of hydrogen-bond donors (Lipinski definition) is 2. The van der Waals surface area contributed by atoms with Crippen molar-refractivity contribution in [3.8, 4) is 11.5 Å². The van der Waals surface area contributed by atoms with Gasteiger partial charge in [0.2, 0.25) is 0 Å². The zero-order valence-electron chi connectivity index (χ0n) is 19.7. The smallest absolute Gasteiger partial charge is 0.262 e. The standard InChI is InChI=1S/C29H25N3O4/c1-35-23-17-13-22(14-18-23)32-28(31-26-10-6-5-9-25(26)29(32)34)20-11-15-24(16-12-20)36-19-27(33)30-21-7-3-2-4-8-21/h2-18,28,31H,19H2,1H3,(H,30,33)/t28-/m1/s1. The number of fused-ring (bicyclic) bond motifs is 1. The molecule has 0 saturated carbocycles. The molecule has 1 heterocycles. The third kappa shape index (κ3) is 4.86. The predicted octanol–water partition coefficient (Wildman–Crippen LogP) is 5.48. The summed E-state index contributed by atoms with van der Waals surface area (Å²) >= 11 is 0. The van der Waals surface area contributed by atoms with E-state index in [2.05, 4.69) is 10.6 Å². The molecule has 0 unspecified atom stereocenters. The van der Waals surface area contributed by atoms with Crippen LogP contribution in [0.2, 0.25) is 0 Å². The van der Waals surface area contributed by atoms with Gasteiger partial charge < -0.3 is 20.1 Å². The van der Waals surface area contributed by atoms with Crippen LogP contribution in [0.4, 0.5) is 17.1 Å². The summed E-state index contributed by atoms with van der Waals surface area (Å²) < 4.78 is 10.9. The lowest BCUT2D eigenvalue weighted by molar-refractivity contribution is -0.118. The Labute approximate surface area is 209 Å². The van der Waals surface area contributed by atoms with Crippen LogP contribution in [0.25, 0.3) is 0 Å². The third-order valence-corrected chi connectivity index (χ3v) is 5.90. The number of hydrogen-bond acceptors (Lipinski definition) is 5. The molecule has 0 saturated heterocycles. The molecule has 0 bridgehead atoms. The van der Waals surface area contributed by atoms with E-state index in [9.17, 15) is 9.59 Å². The first kappa shape index (κ1) is 23.0. The van der Waals surface area contributed by atoms with Crippen molar-refractivity contribution >= 4 is 28.9 Å². The number of ether oxygens (including phenoxy) is 2. The number of nitrogens with zero attached hydrogens (tertiary/aromatic N) is 1. The van der Waals surface area contributed by atoms with Crippen molar-refractivity contribution in [2.45, 2.75) is 6.17 Å². The Morgan fingerprint density at radius 2 is 1.53 bits per heavy atom. The SMILES string of the molecule is COc1ccc(N2C(=O)c3ccccc3N[C@H]2c2ccc(OCC(=O)Nc3ccccc3)cc2)cc1. The van der Waals surface area contributed by atoms with Crippen LogP contribution >= 0.6 is 0 Å². The maximum atomic E-state index is 13.5. The average Bonchev–Trinajstić information content (AvgIpc) is 2.93. The summed E-state index contributed by atoms with van der Waals surface area (Å²) in [7, 11) is 1.61. The van der Waals surface area contributed by atoms with Crippen molar-refractivity contribution in [3.63, 3.8) is 0 Å². The monoisotopic (exact) mass is 479 g/mol. The molecule has 0 aliphatic carbocycles. The van der Waals surface area contributed by atoms with Gasteiger partial charge in [0.1, 0.15) is 17.7 Å². The minimum Gasteiger partial charge on any atom is -0.497 e. The minimum absolute atomic E-state index is 0.0996. The summed E-state index contributed by atoms with van der Waals surface area (Å²) in [5.41, 5.74) is 3.71. The van der Waals surface area contributed by atoms with Crippen LogP contribution in [-0.4, -0.2) is 25.5 Å². The number of carbonyl (C=O) groups excluding carboxylic acids is 2. The fourth-order valence-corrected chi connectivity index (χ4v) is 4.11. The first-order chi connectivity index (χ1) is 17.6. The molecule has 4 aromatic rings. The van der Waals surface area contributed by atoms with Gasteiger partial charge in [0.05, 0.1) is 12.7 Å². The molecule has 1 atom stereocenters. The number of nitrogens with one attached hydrogen (secondary N) is 2. The Morgan fingerprint density at radius 1 is 0.861 bits per heavy atom. The van der Waals surface area contributed by atoms with Crippen LogP contribution in [0, 0.1) is 0 Å². The van der Waals surface area contributed by atoms with Gasteiger partial charge in [0.15, 0.2) is 6.61 Å². The van der Waals surface area contributed by atoms with E-state index in [0.717, 1.165) is 16.9 Å². The van der Waals surface area contributed by atoms with Crippen molar-refractivity contribution < 1.29 is 19.1 Å². The fourth-order valence-electron chi connectivity index (χ4n) is 4.11. The molecule has 0 spiro atoms. The third-order valence-electron chi connectivity index (χ3n) is 5.90. The summed E-state index contributed by atoms with van der Waals surface area (Å²) in [6.45, 7) is -0.111. The van der Waals surface area contributed by atoms with Gasteiger partial charge in [-0.1, -0.05) is 42.5 Å². The summed E-state index contributed by atoms with van der Waals surface area (Å²) in [5.74, 6) is 0.927. The zero-order chi connectivity index (χ0) is 24.9. The lowest BCUT2D eigenvalue weighted by Crippen LogP contribution is -2.43. The van der Waals surface area contributed by atoms with Crippen LogP contribution in [0.15, 0.2) is 103 Å². The van der Waals surface area contributed by atoms with Gasteiger partial charge in [-0.3, -0.25) is 14.5 Å². The molecule has 1 aliphatic rings. The summed E-state index contributed by atoms with van der Waals surface area (Å²) in [6, 6.07) is 31.4. The quantitative estimate of drug-likeness (QED) is 0.367. The number of rotatable bonds is 7. The van der Waals surface area contributed by atoms with Gasteiger partial charge in [-0.25, -0.2) is 0 Å². The van der Waals surface area contributed by atoms with E-state index < -0.39 is 6.17 Å². The number of carbonyl (C=O) groups is 2. The Bertz CT molecular complexity index is 1360. The Balaban J connectivity index is 1.35. The average molecular weight is 480 g/mol. The predicted molar refractivity (Wildman–Crippen MR) is 140 cm³/mol. The normalized spacial score (nSPS) is 14.4. The van der Waals surface area contributed by atoms with Crippen molar-refractivity contribution in [2.75, 3.05) is 29.3 Å². The van der Waals surface area contributed by atoms with Gasteiger partial charge in [0, 0.05) is 17.1 Å². The summed E-state index contributed by atoms with van der Waals surface area (Å²) in [6.07, 6.45) is -0.434. The summed E-state index contributed by atoms with van der Waals surface area (Å²) in [5, 5.41) is 6.28. The Kier molecular flexibility index (Phi) is 6.53. The molecule has 2 N–H and O–H groups in total. The van der Waals surface area contributed by atoms with Gasteiger partial charge in [-0.2, -0.15) is 0 Å². The molecule has 180 valence electrons. The molecule has 0 aromatic heterocycles. The summed E-state index contributed by atoms with van der Waals surface area (Å²) in [4.78, 5) is 27.5. The molecule has 36 heavy (non-hydrogen) atoms. The minimum atomic E-state index is -0.434. The second-order valence-corrected chi connectivity index (χ2v) is 8.24. The van der Waals surface area contributed by atoms with E-state index in [1.54, 1.807) is 24.1 Å². The lowest BCUT2D eigenvalue weighted by atomic mass is 10.0. The highest BCUT2D eigenvalue weighted by molar-refractivity contribution is 6.12. The highest BCUT2D eigenvalue weighted by Gasteiger charge is 2.34. The highest BCUT2D eigenvalue weighted by Crippen LogP contribution is 2.37. The molecule has 7 heteroatoms. The molecule has 5 rings (SSSR count). The fraction of sp³-hybridized carbons (Fsp3) is 0.103. The topological polar surface area (TPSA) is 79.9 Å². The van der Waals surface area contributed by atoms with Crippen molar-refractivity contribution in [3.05, 3.63) is 114 Å². The highest BCUT2D eigenvalue weighted by atomic mass is 16.5. The van der Waals surface area contributed by atoms with Crippen LogP contribution in [0.3, 0.4) is 0 Å². The first-order valence-corrected chi connectivity index (χ1v) is 11.5. The number of para-hydroxylation sites is 2. The number of anilines is 3. The van der Waals surface area contributed by atoms with Crippen LogP contribution in [-0.2, 0) is 4.79 Å². The van der Waals surface area contributed by atoms with E-state index in [-0.39, 0.29) is 18.4 Å². The molecule has 0 fully saturated rings. The van der Waals surface area contributed by atoms with Gasteiger partial charge in [-0.15, -0.1) is 0 Å². The van der Waals surface area contributed by atoms with Crippen LogP contribution in [0.1, 0.15) is 22.1 Å². The molecule has 7 nitrogen and oxygen atoms in total. The van der Waals surface area contributed by atoms with Gasteiger partial charge in [-0.05, 0) is 66.2 Å². The van der Waals surface area contributed by atoms with E-state index in [1.807, 2.05) is 91.0 Å². The van der Waals surface area contributed by atoms with E-state index in [0.29, 0.717) is 22.7 Å². The van der Waals surface area contributed by atoms with Crippen LogP contribution < -0.4 is 25.0 Å². The number of methoxy groups -OCH3 is 1. The largest absolute Gasteiger partial charge is 0.497 e. The van der Waals surface area contributed by atoms with E-state index in [4.69, 9.17) is 9.47 Å².